The molecular weight excluding hydrogens is 429 g/mol. The van der Waals surface area contributed by atoms with Crippen LogP contribution >= 0.6 is 0 Å². The molecule has 1 fully saturated rings. The Morgan fingerprint density at radius 2 is 1.39 bits per heavy atom. The van der Waals surface area contributed by atoms with Crippen LogP contribution < -0.4 is 9.47 Å². The van der Waals surface area contributed by atoms with Gasteiger partial charge in [-0.3, -0.25) is 0 Å². The predicted molar refractivity (Wildman–Crippen MR) is 98.9 cm³/mol. The third-order valence-electron chi connectivity index (χ3n) is 5.25. The molecule has 3 rings (SSSR count). The normalized spacial score (nSPS) is 19.7. The van der Waals surface area contributed by atoms with Crippen molar-refractivity contribution >= 4 is 0 Å². The second kappa shape index (κ2) is 8.80. The van der Waals surface area contributed by atoms with Gasteiger partial charge in [-0.2, -0.15) is 8.78 Å². The zero-order chi connectivity index (χ0) is 22.8. The molecule has 0 saturated heterocycles. The van der Waals surface area contributed by atoms with E-state index in [0.717, 1.165) is 31.2 Å². The Bertz CT molecular complexity index is 891. The SMILES string of the molecule is C=CC1CCC(c2ccc(OC(F)(F)c3cc(F)c(OC(F)(F)F)c(F)c3)cc2)CC1. The molecule has 0 aromatic heterocycles. The van der Waals surface area contributed by atoms with Crippen LogP contribution in [0.4, 0.5) is 30.7 Å². The first-order valence-corrected chi connectivity index (χ1v) is 9.53. The average molecular weight is 448 g/mol. The first kappa shape index (κ1) is 23.0. The van der Waals surface area contributed by atoms with E-state index in [9.17, 15) is 30.7 Å². The van der Waals surface area contributed by atoms with E-state index >= 15 is 0 Å². The molecule has 31 heavy (non-hydrogen) atoms. The molecule has 0 atom stereocenters. The summed E-state index contributed by atoms with van der Waals surface area (Å²) in [5, 5.41) is 0. The van der Waals surface area contributed by atoms with Crippen molar-refractivity contribution < 1.29 is 40.2 Å². The zero-order valence-electron chi connectivity index (χ0n) is 16.2. The number of allylic oxidation sites excluding steroid dienone is 1. The van der Waals surface area contributed by atoms with Gasteiger partial charge in [0.2, 0.25) is 5.75 Å². The molecule has 0 unspecified atom stereocenters. The van der Waals surface area contributed by atoms with E-state index in [1.165, 1.54) is 12.1 Å². The Morgan fingerprint density at radius 1 is 0.839 bits per heavy atom. The van der Waals surface area contributed by atoms with Crippen LogP contribution in [0.1, 0.15) is 42.7 Å². The first-order valence-electron chi connectivity index (χ1n) is 9.53. The van der Waals surface area contributed by atoms with Crippen LogP contribution in [0.3, 0.4) is 0 Å². The van der Waals surface area contributed by atoms with Gasteiger partial charge in [0.1, 0.15) is 5.75 Å². The summed E-state index contributed by atoms with van der Waals surface area (Å²) >= 11 is 0. The minimum Gasteiger partial charge on any atom is -0.429 e. The summed E-state index contributed by atoms with van der Waals surface area (Å²) in [5.41, 5.74) is -0.326. The second-order valence-electron chi connectivity index (χ2n) is 7.35. The monoisotopic (exact) mass is 448 g/mol. The van der Waals surface area contributed by atoms with Crippen molar-refractivity contribution in [1.29, 1.82) is 0 Å². The van der Waals surface area contributed by atoms with Gasteiger partial charge in [0.05, 0.1) is 5.56 Å². The lowest BCUT2D eigenvalue weighted by Gasteiger charge is -2.27. The fraction of sp³-hybridized carbons (Fsp3) is 0.364. The number of ether oxygens (including phenoxy) is 2. The van der Waals surface area contributed by atoms with Crippen LogP contribution in [0.15, 0.2) is 49.1 Å². The number of hydrogen-bond acceptors (Lipinski definition) is 2. The highest BCUT2D eigenvalue weighted by molar-refractivity contribution is 5.35. The summed E-state index contributed by atoms with van der Waals surface area (Å²) in [6.07, 6.45) is -3.76. The number of benzene rings is 2. The molecule has 1 aliphatic carbocycles. The lowest BCUT2D eigenvalue weighted by Crippen LogP contribution is -2.24. The molecule has 0 radical (unpaired) electrons. The standard InChI is InChI=1S/C22H19F7O2/c1-2-13-3-5-14(6-4-13)15-7-9-17(10-8-15)30-21(25,26)16-11-18(23)20(19(24)12-16)31-22(27,28)29/h2,7-14H,1,3-6H2. The fourth-order valence-electron chi connectivity index (χ4n) is 3.64. The Morgan fingerprint density at radius 3 is 1.87 bits per heavy atom. The van der Waals surface area contributed by atoms with Gasteiger partial charge in [0, 0.05) is 0 Å². The topological polar surface area (TPSA) is 18.5 Å². The molecule has 0 amide bonds. The summed E-state index contributed by atoms with van der Waals surface area (Å²) in [6, 6.07) is 6.00. The molecule has 1 saturated carbocycles. The highest BCUT2D eigenvalue weighted by atomic mass is 19.4. The quantitative estimate of drug-likeness (QED) is 0.338. The Kier molecular flexibility index (Phi) is 6.52. The summed E-state index contributed by atoms with van der Waals surface area (Å²) in [4.78, 5) is 0. The maximum Gasteiger partial charge on any atom is 0.573 e. The molecule has 2 aromatic carbocycles. The molecule has 0 N–H and O–H groups in total. The summed E-state index contributed by atoms with van der Waals surface area (Å²) in [6.45, 7) is 3.79. The van der Waals surface area contributed by atoms with Crippen LogP contribution in [0.2, 0.25) is 0 Å². The molecule has 168 valence electrons. The van der Waals surface area contributed by atoms with E-state index in [0.29, 0.717) is 5.92 Å². The lowest BCUT2D eigenvalue weighted by atomic mass is 9.79. The van der Waals surface area contributed by atoms with Gasteiger partial charge in [-0.05, 0) is 67.3 Å². The summed E-state index contributed by atoms with van der Waals surface area (Å²) in [5.74, 6) is -5.17. The minimum atomic E-state index is -5.38. The smallest absolute Gasteiger partial charge is 0.429 e. The molecule has 1 aliphatic rings. The molecule has 9 heteroatoms. The van der Waals surface area contributed by atoms with Crippen LogP contribution in [0, 0.1) is 17.6 Å². The lowest BCUT2D eigenvalue weighted by molar-refractivity contribution is -0.276. The molecule has 2 nitrogen and oxygen atoms in total. The summed E-state index contributed by atoms with van der Waals surface area (Å²) < 4.78 is 101. The minimum absolute atomic E-state index is 0.0383. The second-order valence-corrected chi connectivity index (χ2v) is 7.35. The van der Waals surface area contributed by atoms with Gasteiger partial charge in [-0.25, -0.2) is 8.78 Å². The Hall–Kier alpha value is -2.71. The van der Waals surface area contributed by atoms with Crippen LogP contribution in [-0.4, -0.2) is 6.36 Å². The largest absolute Gasteiger partial charge is 0.573 e. The van der Waals surface area contributed by atoms with Crippen molar-refractivity contribution in [2.45, 2.75) is 44.1 Å². The fourth-order valence-corrected chi connectivity index (χ4v) is 3.64. The van der Waals surface area contributed by atoms with Gasteiger partial charge in [-0.1, -0.05) is 18.2 Å². The van der Waals surface area contributed by atoms with Gasteiger partial charge < -0.3 is 9.47 Å². The van der Waals surface area contributed by atoms with Gasteiger partial charge in [0.15, 0.2) is 11.6 Å². The third-order valence-corrected chi connectivity index (χ3v) is 5.25. The van der Waals surface area contributed by atoms with E-state index in [1.54, 1.807) is 12.1 Å². The number of rotatable bonds is 6. The molecule has 0 spiro atoms. The van der Waals surface area contributed by atoms with E-state index in [4.69, 9.17) is 0 Å². The van der Waals surface area contributed by atoms with Crippen molar-refractivity contribution in [3.63, 3.8) is 0 Å². The van der Waals surface area contributed by atoms with Crippen molar-refractivity contribution in [3.8, 4) is 11.5 Å². The number of alkyl halides is 5. The third kappa shape index (κ3) is 5.71. The van der Waals surface area contributed by atoms with Crippen LogP contribution in [0.5, 0.6) is 11.5 Å². The maximum absolute atomic E-state index is 14.4. The molecule has 0 heterocycles. The van der Waals surface area contributed by atoms with Crippen molar-refractivity contribution in [1.82, 2.24) is 0 Å². The van der Waals surface area contributed by atoms with Crippen molar-refractivity contribution in [3.05, 3.63) is 71.8 Å². The van der Waals surface area contributed by atoms with Crippen LogP contribution in [-0.2, 0) is 6.11 Å². The van der Waals surface area contributed by atoms with E-state index in [-0.39, 0.29) is 23.8 Å². The van der Waals surface area contributed by atoms with Crippen molar-refractivity contribution in [2.24, 2.45) is 5.92 Å². The predicted octanol–water partition coefficient (Wildman–Crippen LogP) is 7.45. The molecule has 2 aromatic rings. The van der Waals surface area contributed by atoms with Gasteiger partial charge >= 0.3 is 12.5 Å². The Labute approximate surface area is 174 Å². The zero-order valence-corrected chi connectivity index (χ0v) is 16.2. The number of hydrogen-bond donors (Lipinski definition) is 0. The molecular formula is C22H19F7O2. The van der Waals surface area contributed by atoms with Gasteiger partial charge in [-0.15, -0.1) is 19.8 Å². The molecule has 0 aliphatic heterocycles. The average Bonchev–Trinajstić information content (AvgIpc) is 2.70. The van der Waals surface area contributed by atoms with E-state index in [1.807, 2.05) is 6.08 Å². The Balaban J connectivity index is 1.72. The number of halogens is 7. The highest BCUT2D eigenvalue weighted by Crippen LogP contribution is 2.39. The van der Waals surface area contributed by atoms with Gasteiger partial charge in [0.25, 0.3) is 0 Å². The summed E-state index contributed by atoms with van der Waals surface area (Å²) in [7, 11) is 0. The maximum atomic E-state index is 14.4. The first-order chi connectivity index (χ1) is 14.5. The highest BCUT2D eigenvalue weighted by Gasteiger charge is 2.39. The van der Waals surface area contributed by atoms with E-state index < -0.39 is 35.4 Å². The van der Waals surface area contributed by atoms with Crippen LogP contribution in [0.25, 0.3) is 0 Å². The van der Waals surface area contributed by atoms with E-state index in [2.05, 4.69) is 16.1 Å². The van der Waals surface area contributed by atoms with Crippen molar-refractivity contribution in [2.75, 3.05) is 0 Å². The molecule has 0 bridgehead atoms.